The molecule has 3 saturated heterocycles. The highest BCUT2D eigenvalue weighted by Crippen LogP contribution is 2.41. The summed E-state index contributed by atoms with van der Waals surface area (Å²) in [6.07, 6.45) is -3.30. The standard InChI is InChI=1S/C22H30F3N3O2/c1-17(22(23,24)25)30-20(29)28-11-7-21(8-12-28)15-26(16-21)14-18-5-4-6-19(13-18)27-9-2-3-10-27/h4-6,13,17H,2-3,7-12,14-16H2,1H3. The van der Waals surface area contributed by atoms with Gasteiger partial charge in [0.25, 0.3) is 0 Å². The van der Waals surface area contributed by atoms with Crippen LogP contribution < -0.4 is 4.90 Å². The van der Waals surface area contributed by atoms with E-state index in [9.17, 15) is 18.0 Å². The van der Waals surface area contributed by atoms with Crippen LogP contribution in [0, 0.1) is 5.41 Å². The molecule has 5 nitrogen and oxygen atoms in total. The van der Waals surface area contributed by atoms with Crippen LogP contribution in [0.25, 0.3) is 0 Å². The Hall–Kier alpha value is -1.96. The predicted octanol–water partition coefficient (Wildman–Crippen LogP) is 4.27. The minimum Gasteiger partial charge on any atom is -0.437 e. The molecule has 30 heavy (non-hydrogen) atoms. The van der Waals surface area contributed by atoms with Gasteiger partial charge in [0, 0.05) is 51.5 Å². The number of halogens is 3. The summed E-state index contributed by atoms with van der Waals surface area (Å²) in [5.74, 6) is 0. The highest BCUT2D eigenvalue weighted by Gasteiger charge is 2.46. The molecule has 0 bridgehead atoms. The lowest BCUT2D eigenvalue weighted by Crippen LogP contribution is -2.60. The van der Waals surface area contributed by atoms with E-state index in [-0.39, 0.29) is 5.41 Å². The molecular weight excluding hydrogens is 395 g/mol. The first kappa shape index (κ1) is 21.3. The fourth-order valence-electron chi connectivity index (χ4n) is 4.87. The maximum Gasteiger partial charge on any atom is 0.425 e. The molecule has 8 heteroatoms. The molecule has 1 aromatic carbocycles. The number of carbonyl (C=O) groups is 1. The van der Waals surface area contributed by atoms with Crippen molar-refractivity contribution >= 4 is 11.8 Å². The van der Waals surface area contributed by atoms with Crippen molar-refractivity contribution < 1.29 is 22.7 Å². The van der Waals surface area contributed by atoms with Crippen molar-refractivity contribution in [1.82, 2.24) is 9.80 Å². The number of hydrogen-bond acceptors (Lipinski definition) is 4. The third kappa shape index (κ3) is 4.68. The predicted molar refractivity (Wildman–Crippen MR) is 108 cm³/mol. The van der Waals surface area contributed by atoms with Crippen LogP contribution in [0.2, 0.25) is 0 Å². The topological polar surface area (TPSA) is 36.0 Å². The van der Waals surface area contributed by atoms with Gasteiger partial charge in [0.2, 0.25) is 0 Å². The van der Waals surface area contributed by atoms with E-state index in [1.807, 2.05) is 0 Å². The molecule has 166 valence electrons. The summed E-state index contributed by atoms with van der Waals surface area (Å²) < 4.78 is 42.4. The van der Waals surface area contributed by atoms with Gasteiger partial charge in [-0.25, -0.2) is 4.79 Å². The maximum atomic E-state index is 12.6. The second-order valence-electron chi connectivity index (χ2n) is 9.06. The Labute approximate surface area is 175 Å². The summed E-state index contributed by atoms with van der Waals surface area (Å²) in [5.41, 5.74) is 2.80. The molecule has 3 aliphatic heterocycles. The lowest BCUT2D eigenvalue weighted by Gasteiger charge is -2.54. The number of anilines is 1. The first-order valence-corrected chi connectivity index (χ1v) is 10.8. The molecule has 0 saturated carbocycles. The Morgan fingerprint density at radius 3 is 2.43 bits per heavy atom. The number of piperidine rings is 1. The Morgan fingerprint density at radius 2 is 1.80 bits per heavy atom. The quantitative estimate of drug-likeness (QED) is 0.722. The monoisotopic (exact) mass is 425 g/mol. The molecule has 0 aliphatic carbocycles. The lowest BCUT2D eigenvalue weighted by atomic mass is 9.72. The highest BCUT2D eigenvalue weighted by molar-refractivity contribution is 5.68. The zero-order chi connectivity index (χ0) is 21.4. The number of alkyl halides is 3. The van der Waals surface area contributed by atoms with E-state index in [0.717, 1.165) is 52.5 Å². The molecule has 0 radical (unpaired) electrons. The van der Waals surface area contributed by atoms with Gasteiger partial charge in [-0.05, 0) is 55.7 Å². The smallest absolute Gasteiger partial charge is 0.425 e. The molecule has 3 heterocycles. The van der Waals surface area contributed by atoms with E-state index in [1.54, 1.807) is 0 Å². The van der Waals surface area contributed by atoms with Crippen molar-refractivity contribution in [2.45, 2.75) is 51.4 Å². The summed E-state index contributed by atoms with van der Waals surface area (Å²) in [5, 5.41) is 0. The van der Waals surface area contributed by atoms with E-state index in [2.05, 4.69) is 38.8 Å². The van der Waals surface area contributed by atoms with Crippen LogP contribution in [0.5, 0.6) is 0 Å². The van der Waals surface area contributed by atoms with Crippen molar-refractivity contribution in [1.29, 1.82) is 0 Å². The number of carbonyl (C=O) groups excluding carboxylic acids is 1. The number of nitrogens with zero attached hydrogens (tertiary/aromatic N) is 3. The van der Waals surface area contributed by atoms with E-state index in [0.29, 0.717) is 13.1 Å². The second kappa shape index (κ2) is 8.29. The third-order valence-electron chi connectivity index (χ3n) is 6.73. The highest BCUT2D eigenvalue weighted by atomic mass is 19.4. The van der Waals surface area contributed by atoms with Crippen LogP contribution in [-0.2, 0) is 11.3 Å². The van der Waals surface area contributed by atoms with Gasteiger partial charge in [-0.2, -0.15) is 13.2 Å². The number of benzene rings is 1. The van der Waals surface area contributed by atoms with Gasteiger partial charge in [-0.1, -0.05) is 12.1 Å². The Kier molecular flexibility index (Phi) is 5.88. The molecule has 1 spiro atoms. The summed E-state index contributed by atoms with van der Waals surface area (Å²) in [6, 6.07) is 8.77. The van der Waals surface area contributed by atoms with Crippen LogP contribution >= 0.6 is 0 Å². The van der Waals surface area contributed by atoms with Gasteiger partial charge in [0.15, 0.2) is 6.10 Å². The fraction of sp³-hybridized carbons (Fsp3) is 0.682. The number of likely N-dealkylation sites (tertiary alicyclic amines) is 2. The number of amides is 1. The van der Waals surface area contributed by atoms with Gasteiger partial charge in [-0.3, -0.25) is 4.90 Å². The zero-order valence-corrected chi connectivity index (χ0v) is 17.5. The Balaban J connectivity index is 1.23. The van der Waals surface area contributed by atoms with E-state index in [1.165, 1.54) is 29.0 Å². The first-order chi connectivity index (χ1) is 14.2. The molecule has 4 rings (SSSR count). The van der Waals surface area contributed by atoms with Gasteiger partial charge in [0.1, 0.15) is 0 Å². The number of ether oxygens (including phenoxy) is 1. The summed E-state index contributed by atoms with van der Waals surface area (Å²) in [4.78, 5) is 18.3. The van der Waals surface area contributed by atoms with Gasteiger partial charge in [0.05, 0.1) is 0 Å². The van der Waals surface area contributed by atoms with Crippen molar-refractivity contribution in [2.75, 3.05) is 44.2 Å². The van der Waals surface area contributed by atoms with Crippen LogP contribution in [0.15, 0.2) is 24.3 Å². The number of rotatable bonds is 4. The van der Waals surface area contributed by atoms with Crippen molar-refractivity contribution in [3.05, 3.63) is 29.8 Å². The number of hydrogen-bond donors (Lipinski definition) is 0. The largest absolute Gasteiger partial charge is 0.437 e. The molecule has 0 N–H and O–H groups in total. The molecular formula is C22H30F3N3O2. The zero-order valence-electron chi connectivity index (χ0n) is 17.5. The SMILES string of the molecule is CC(OC(=O)N1CCC2(CC1)CN(Cc1cccc(N3CCCC3)c1)C2)C(F)(F)F. The average Bonchev–Trinajstić information content (AvgIpc) is 3.21. The van der Waals surface area contributed by atoms with Crippen molar-refractivity contribution in [3.63, 3.8) is 0 Å². The van der Waals surface area contributed by atoms with Gasteiger partial charge < -0.3 is 14.5 Å². The first-order valence-electron chi connectivity index (χ1n) is 10.8. The fourth-order valence-corrected chi connectivity index (χ4v) is 4.87. The maximum absolute atomic E-state index is 12.6. The molecule has 3 aliphatic rings. The second-order valence-corrected chi connectivity index (χ2v) is 9.06. The van der Waals surface area contributed by atoms with Gasteiger partial charge in [-0.15, -0.1) is 0 Å². The molecule has 3 fully saturated rings. The molecule has 0 aromatic heterocycles. The average molecular weight is 425 g/mol. The minimum atomic E-state index is -4.52. The van der Waals surface area contributed by atoms with Crippen molar-refractivity contribution in [3.8, 4) is 0 Å². The lowest BCUT2D eigenvalue weighted by molar-refractivity contribution is -0.200. The normalized spacial score (nSPS) is 22.8. The third-order valence-corrected chi connectivity index (χ3v) is 6.73. The molecule has 1 aromatic rings. The summed E-state index contributed by atoms with van der Waals surface area (Å²) >= 11 is 0. The van der Waals surface area contributed by atoms with Crippen LogP contribution in [0.1, 0.15) is 38.2 Å². The van der Waals surface area contributed by atoms with E-state index >= 15 is 0 Å². The Bertz CT molecular complexity index is 748. The summed E-state index contributed by atoms with van der Waals surface area (Å²) in [7, 11) is 0. The van der Waals surface area contributed by atoms with E-state index in [4.69, 9.17) is 0 Å². The van der Waals surface area contributed by atoms with Gasteiger partial charge >= 0.3 is 12.3 Å². The molecule has 1 atom stereocenters. The van der Waals surface area contributed by atoms with Crippen LogP contribution in [0.3, 0.4) is 0 Å². The molecule has 1 amide bonds. The van der Waals surface area contributed by atoms with Crippen LogP contribution in [-0.4, -0.2) is 67.4 Å². The Morgan fingerprint density at radius 1 is 1.13 bits per heavy atom. The van der Waals surface area contributed by atoms with Crippen molar-refractivity contribution in [2.24, 2.45) is 5.41 Å². The summed E-state index contributed by atoms with van der Waals surface area (Å²) in [6.45, 7) is 6.92. The minimum absolute atomic E-state index is 0.180. The molecule has 1 unspecified atom stereocenters. The van der Waals surface area contributed by atoms with E-state index < -0.39 is 18.4 Å². The van der Waals surface area contributed by atoms with Crippen LogP contribution in [0.4, 0.5) is 23.7 Å².